The second-order valence-electron chi connectivity index (χ2n) is 9.36. The van der Waals surface area contributed by atoms with E-state index in [1.54, 1.807) is 6.07 Å². The number of anilines is 1. The second kappa shape index (κ2) is 11.9. The average molecular weight is 581 g/mol. The van der Waals surface area contributed by atoms with E-state index in [0.717, 1.165) is 62.0 Å². The lowest BCUT2D eigenvalue weighted by molar-refractivity contribution is 0.0607. The molecule has 1 aromatic heterocycles. The number of aliphatic imine (C=N–C) groups is 1. The Morgan fingerprint density at radius 1 is 1.22 bits per heavy atom. The molecule has 1 aromatic carbocycles. The van der Waals surface area contributed by atoms with Crippen LogP contribution in [0.25, 0.3) is 0 Å². The van der Waals surface area contributed by atoms with E-state index in [1.807, 2.05) is 12.1 Å². The molecule has 3 heterocycles. The summed E-state index contributed by atoms with van der Waals surface area (Å²) in [5.74, 6) is -0.355. The minimum atomic E-state index is -0.568. The highest BCUT2D eigenvalue weighted by molar-refractivity contribution is 9.10. The molecule has 0 spiro atoms. The number of likely N-dealkylation sites (tertiary alicyclic amines) is 1. The number of guanidine groups is 1. The Labute approximate surface area is 224 Å². The molecule has 2 aliphatic rings. The van der Waals surface area contributed by atoms with E-state index in [9.17, 15) is 9.18 Å². The predicted molar refractivity (Wildman–Crippen MR) is 145 cm³/mol. The average Bonchev–Trinajstić information content (AvgIpc) is 2.85. The Balaban J connectivity index is 1.35. The first-order valence-corrected chi connectivity index (χ1v) is 13.4. The molecule has 1 atom stereocenters. The number of piperidine rings is 1. The Morgan fingerprint density at radius 2 is 1.97 bits per heavy atom. The minimum Gasteiger partial charge on any atom is -0.370 e. The zero-order chi connectivity index (χ0) is 25.8. The number of piperazine rings is 1. The molecule has 4 N–H and O–H groups in total. The summed E-state index contributed by atoms with van der Waals surface area (Å²) in [6, 6.07) is 7.74. The molecule has 11 heteroatoms. The van der Waals surface area contributed by atoms with Crippen LogP contribution in [0.15, 0.2) is 39.9 Å². The standard InChI is InChI=1S/C25H32BrClFN7O/c1-2-19-15-34(23-21(27)11-17(13-31-23)24(36)32-25(29)30)9-10-35(19)20-5-7-33(8-6-20)14-16-3-4-18(26)12-22(16)28/h3-4,11-13,19-20H,2,5-10,14-15H2,1H3,(H4,29,30,32,36)/t19-/m0/s1. The van der Waals surface area contributed by atoms with Crippen molar-refractivity contribution < 1.29 is 9.18 Å². The van der Waals surface area contributed by atoms with Gasteiger partial charge in [-0.15, -0.1) is 0 Å². The summed E-state index contributed by atoms with van der Waals surface area (Å²) in [7, 11) is 0. The van der Waals surface area contributed by atoms with Crippen LogP contribution in [0.2, 0.25) is 5.02 Å². The summed E-state index contributed by atoms with van der Waals surface area (Å²) < 4.78 is 15.0. The molecule has 2 aromatic rings. The molecular weight excluding hydrogens is 549 g/mol. The van der Waals surface area contributed by atoms with Crippen molar-refractivity contribution in [1.29, 1.82) is 0 Å². The van der Waals surface area contributed by atoms with Crippen LogP contribution in [0.5, 0.6) is 0 Å². The highest BCUT2D eigenvalue weighted by Gasteiger charge is 2.34. The number of benzene rings is 1. The maximum absolute atomic E-state index is 14.3. The molecule has 1 amide bonds. The number of halogens is 3. The van der Waals surface area contributed by atoms with Crippen molar-refractivity contribution in [2.75, 3.05) is 37.6 Å². The number of nitrogens with two attached hydrogens (primary N) is 2. The molecule has 2 fully saturated rings. The Bertz CT molecular complexity index is 1120. The molecule has 0 radical (unpaired) electrons. The van der Waals surface area contributed by atoms with Gasteiger partial charge in [0.1, 0.15) is 11.6 Å². The van der Waals surface area contributed by atoms with Crippen molar-refractivity contribution >= 4 is 45.2 Å². The molecule has 2 aliphatic heterocycles. The molecule has 4 rings (SSSR count). The molecular formula is C25H32BrClFN7O. The maximum atomic E-state index is 14.3. The smallest absolute Gasteiger partial charge is 0.281 e. The highest BCUT2D eigenvalue weighted by atomic mass is 79.9. The summed E-state index contributed by atoms with van der Waals surface area (Å²) in [5, 5.41) is 0.406. The van der Waals surface area contributed by atoms with Crippen molar-refractivity contribution in [2.45, 2.75) is 44.8 Å². The molecule has 194 valence electrons. The number of aromatic nitrogens is 1. The van der Waals surface area contributed by atoms with Crippen LogP contribution in [0.4, 0.5) is 10.2 Å². The van der Waals surface area contributed by atoms with Crippen LogP contribution in [-0.2, 0) is 6.54 Å². The van der Waals surface area contributed by atoms with Crippen molar-refractivity contribution in [3.8, 4) is 0 Å². The molecule has 0 aliphatic carbocycles. The largest absolute Gasteiger partial charge is 0.370 e. The summed E-state index contributed by atoms with van der Waals surface area (Å²) in [4.78, 5) is 27.2. The van der Waals surface area contributed by atoms with Gasteiger partial charge in [0, 0.05) is 54.5 Å². The zero-order valence-electron chi connectivity index (χ0n) is 20.3. The van der Waals surface area contributed by atoms with Gasteiger partial charge in [-0.2, -0.15) is 4.99 Å². The van der Waals surface area contributed by atoms with Crippen LogP contribution in [0, 0.1) is 5.82 Å². The first kappa shape index (κ1) is 26.8. The normalized spacial score (nSPS) is 19.9. The van der Waals surface area contributed by atoms with Gasteiger partial charge in [-0.1, -0.05) is 40.5 Å². The predicted octanol–water partition coefficient (Wildman–Crippen LogP) is 3.62. The van der Waals surface area contributed by atoms with Crippen LogP contribution in [-0.4, -0.2) is 71.5 Å². The van der Waals surface area contributed by atoms with Crippen LogP contribution in [0.3, 0.4) is 0 Å². The Morgan fingerprint density at radius 3 is 2.61 bits per heavy atom. The summed E-state index contributed by atoms with van der Waals surface area (Å²) in [6.45, 7) is 7.28. The van der Waals surface area contributed by atoms with Crippen molar-refractivity contribution in [1.82, 2.24) is 14.8 Å². The number of pyridine rings is 1. The number of hydrogen-bond donors (Lipinski definition) is 2. The molecule has 2 saturated heterocycles. The molecule has 0 unspecified atom stereocenters. The minimum absolute atomic E-state index is 0.158. The number of carbonyl (C=O) groups is 1. The fourth-order valence-corrected chi connectivity index (χ4v) is 5.79. The van der Waals surface area contributed by atoms with E-state index < -0.39 is 5.91 Å². The fraction of sp³-hybridized carbons (Fsp3) is 0.480. The SMILES string of the molecule is CC[C@H]1CN(c2ncc(C(=O)N=C(N)N)cc2Cl)CCN1C1CCN(Cc2ccc(Br)cc2F)CC1. The third kappa shape index (κ3) is 6.34. The zero-order valence-corrected chi connectivity index (χ0v) is 22.7. The number of nitrogens with zero attached hydrogens (tertiary/aromatic N) is 5. The van der Waals surface area contributed by atoms with Gasteiger partial charge in [-0.3, -0.25) is 14.6 Å². The summed E-state index contributed by atoms with van der Waals surface area (Å²) >= 11 is 9.83. The third-order valence-corrected chi connectivity index (χ3v) is 7.80. The van der Waals surface area contributed by atoms with E-state index in [1.165, 1.54) is 12.3 Å². The lowest BCUT2D eigenvalue weighted by Gasteiger charge is -2.47. The fourth-order valence-electron chi connectivity index (χ4n) is 5.17. The summed E-state index contributed by atoms with van der Waals surface area (Å²) in [6.07, 6.45) is 4.61. The highest BCUT2D eigenvalue weighted by Crippen LogP contribution is 2.30. The van der Waals surface area contributed by atoms with Crippen LogP contribution >= 0.6 is 27.5 Å². The Kier molecular flexibility index (Phi) is 8.82. The van der Waals surface area contributed by atoms with E-state index in [-0.39, 0.29) is 17.3 Å². The monoisotopic (exact) mass is 579 g/mol. The molecule has 8 nitrogen and oxygen atoms in total. The van der Waals surface area contributed by atoms with Gasteiger partial charge < -0.3 is 16.4 Å². The first-order chi connectivity index (χ1) is 17.2. The number of hydrogen-bond acceptors (Lipinski definition) is 5. The first-order valence-electron chi connectivity index (χ1n) is 12.2. The van der Waals surface area contributed by atoms with Gasteiger partial charge in [0.2, 0.25) is 0 Å². The number of amides is 1. The van der Waals surface area contributed by atoms with E-state index in [0.29, 0.717) is 29.5 Å². The topological polar surface area (TPSA) is 104 Å². The van der Waals surface area contributed by atoms with Crippen LogP contribution < -0.4 is 16.4 Å². The quantitative estimate of drug-likeness (QED) is 0.397. The van der Waals surface area contributed by atoms with E-state index in [2.05, 4.69) is 47.5 Å². The summed E-state index contributed by atoms with van der Waals surface area (Å²) in [5.41, 5.74) is 11.6. The van der Waals surface area contributed by atoms with Gasteiger partial charge in [-0.25, -0.2) is 9.37 Å². The van der Waals surface area contributed by atoms with Crippen LogP contribution in [0.1, 0.15) is 42.1 Å². The van der Waals surface area contributed by atoms with E-state index in [4.69, 9.17) is 23.1 Å². The van der Waals surface area contributed by atoms with Crippen molar-refractivity contribution in [2.24, 2.45) is 16.5 Å². The van der Waals surface area contributed by atoms with Gasteiger partial charge in [0.15, 0.2) is 5.96 Å². The van der Waals surface area contributed by atoms with Crippen molar-refractivity contribution in [3.63, 3.8) is 0 Å². The third-order valence-electron chi connectivity index (χ3n) is 7.03. The van der Waals surface area contributed by atoms with Gasteiger partial charge >= 0.3 is 0 Å². The maximum Gasteiger partial charge on any atom is 0.281 e. The van der Waals surface area contributed by atoms with Gasteiger partial charge in [0.05, 0.1) is 10.6 Å². The van der Waals surface area contributed by atoms with E-state index >= 15 is 0 Å². The molecule has 36 heavy (non-hydrogen) atoms. The molecule has 0 saturated carbocycles. The van der Waals surface area contributed by atoms with Gasteiger partial charge in [-0.05, 0) is 50.6 Å². The second-order valence-corrected chi connectivity index (χ2v) is 10.7. The number of carbonyl (C=O) groups excluding carboxylic acids is 1. The van der Waals surface area contributed by atoms with Crippen molar-refractivity contribution in [3.05, 3.63) is 56.9 Å². The lowest BCUT2D eigenvalue weighted by Crippen LogP contribution is -2.58. The lowest BCUT2D eigenvalue weighted by atomic mass is 9.97. The number of rotatable bonds is 6. The Hall–Kier alpha value is -2.27. The van der Waals surface area contributed by atoms with Gasteiger partial charge in [0.25, 0.3) is 5.91 Å². The molecule has 0 bridgehead atoms.